The first kappa shape index (κ1) is 13.6. The molecular formula is C10H15BrN2O2S. The van der Waals surface area contributed by atoms with Crippen LogP contribution in [0.15, 0.2) is 22.7 Å². The summed E-state index contributed by atoms with van der Waals surface area (Å²) in [7, 11) is -3.37. The molecule has 1 aromatic carbocycles. The van der Waals surface area contributed by atoms with Gasteiger partial charge in [0, 0.05) is 17.6 Å². The van der Waals surface area contributed by atoms with E-state index in [1.807, 2.05) is 25.1 Å². The summed E-state index contributed by atoms with van der Waals surface area (Å²) in [6, 6.07) is 6.04. The molecule has 4 nitrogen and oxygen atoms in total. The Balaban J connectivity index is 2.43. The van der Waals surface area contributed by atoms with Crippen LogP contribution in [-0.4, -0.2) is 20.7 Å². The molecule has 0 unspecified atom stereocenters. The van der Waals surface area contributed by atoms with E-state index in [9.17, 15) is 8.42 Å². The van der Waals surface area contributed by atoms with E-state index in [1.54, 1.807) is 0 Å². The summed E-state index contributed by atoms with van der Waals surface area (Å²) in [6.45, 7) is 3.00. The summed E-state index contributed by atoms with van der Waals surface area (Å²) in [5, 5.41) is 7.92. The highest BCUT2D eigenvalue weighted by molar-refractivity contribution is 9.10. The highest BCUT2D eigenvalue weighted by atomic mass is 79.9. The number of benzene rings is 1. The smallest absolute Gasteiger partial charge is 0.210 e. The first-order valence-electron chi connectivity index (χ1n) is 4.85. The second-order valence-electron chi connectivity index (χ2n) is 3.64. The standard InChI is InChI=1S/C10H15BrN2O2S/c1-8-2-3-9(10(11)6-8)7-13-4-5-16(12,14)15/h2-3,6,13H,4-5,7H2,1H3,(H2,12,14,15). The quantitative estimate of drug-likeness (QED) is 0.801. The van der Waals surface area contributed by atoms with Crippen LogP contribution >= 0.6 is 15.9 Å². The van der Waals surface area contributed by atoms with Crippen LogP contribution in [0, 0.1) is 6.92 Å². The first-order chi connectivity index (χ1) is 7.38. The molecule has 90 valence electrons. The predicted octanol–water partition coefficient (Wildman–Crippen LogP) is 1.14. The predicted molar refractivity (Wildman–Crippen MR) is 68.6 cm³/mol. The van der Waals surface area contributed by atoms with Gasteiger partial charge in [0.25, 0.3) is 0 Å². The number of sulfonamides is 1. The molecule has 0 aromatic heterocycles. The third-order valence-electron chi connectivity index (χ3n) is 2.09. The summed E-state index contributed by atoms with van der Waals surface area (Å²) in [4.78, 5) is 0. The number of hydrogen-bond donors (Lipinski definition) is 2. The number of hydrogen-bond acceptors (Lipinski definition) is 3. The fourth-order valence-electron chi connectivity index (χ4n) is 1.23. The summed E-state index contributed by atoms with van der Waals surface area (Å²) in [5.74, 6) is -0.0452. The molecule has 0 bridgehead atoms. The third kappa shape index (κ3) is 5.07. The van der Waals surface area contributed by atoms with E-state index in [0.717, 1.165) is 10.0 Å². The molecule has 0 aliphatic carbocycles. The molecule has 0 radical (unpaired) electrons. The zero-order chi connectivity index (χ0) is 12.2. The minimum atomic E-state index is -3.37. The molecule has 0 aliphatic rings. The van der Waals surface area contributed by atoms with Crippen molar-refractivity contribution in [2.45, 2.75) is 13.5 Å². The number of primary sulfonamides is 1. The lowest BCUT2D eigenvalue weighted by atomic mass is 10.1. The zero-order valence-corrected chi connectivity index (χ0v) is 11.4. The van der Waals surface area contributed by atoms with Crippen LogP contribution in [-0.2, 0) is 16.6 Å². The zero-order valence-electron chi connectivity index (χ0n) is 9.03. The molecule has 0 amide bonds. The first-order valence-corrected chi connectivity index (χ1v) is 7.35. The Bertz CT molecular complexity index is 460. The largest absolute Gasteiger partial charge is 0.312 e. The van der Waals surface area contributed by atoms with Crippen molar-refractivity contribution in [3.63, 3.8) is 0 Å². The molecular weight excluding hydrogens is 292 g/mol. The minimum absolute atomic E-state index is 0.0452. The molecule has 0 saturated heterocycles. The fraction of sp³-hybridized carbons (Fsp3) is 0.400. The van der Waals surface area contributed by atoms with Crippen LogP contribution in [0.1, 0.15) is 11.1 Å². The molecule has 16 heavy (non-hydrogen) atoms. The third-order valence-corrected chi connectivity index (χ3v) is 3.60. The molecule has 1 aromatic rings. The van der Waals surface area contributed by atoms with Gasteiger partial charge in [-0.1, -0.05) is 28.1 Å². The Morgan fingerprint density at radius 2 is 2.12 bits per heavy atom. The van der Waals surface area contributed by atoms with Crippen molar-refractivity contribution in [1.29, 1.82) is 0 Å². The van der Waals surface area contributed by atoms with E-state index < -0.39 is 10.0 Å². The van der Waals surface area contributed by atoms with Crippen LogP contribution < -0.4 is 10.5 Å². The lowest BCUT2D eigenvalue weighted by Gasteiger charge is -2.07. The fourth-order valence-corrected chi connectivity index (χ4v) is 2.30. The number of halogens is 1. The highest BCUT2D eigenvalue weighted by Crippen LogP contribution is 2.17. The normalized spacial score (nSPS) is 11.7. The number of rotatable bonds is 5. The van der Waals surface area contributed by atoms with Gasteiger partial charge < -0.3 is 5.32 Å². The van der Waals surface area contributed by atoms with Crippen LogP contribution in [0.25, 0.3) is 0 Å². The van der Waals surface area contributed by atoms with Gasteiger partial charge >= 0.3 is 0 Å². The summed E-state index contributed by atoms with van der Waals surface area (Å²) in [5.41, 5.74) is 2.28. The molecule has 0 spiro atoms. The van der Waals surface area contributed by atoms with Gasteiger partial charge in [-0.15, -0.1) is 0 Å². The Hall–Kier alpha value is -0.430. The van der Waals surface area contributed by atoms with E-state index in [1.165, 1.54) is 5.56 Å². The van der Waals surface area contributed by atoms with E-state index in [2.05, 4.69) is 21.2 Å². The molecule has 6 heteroatoms. The van der Waals surface area contributed by atoms with Gasteiger partial charge in [0.2, 0.25) is 10.0 Å². The lowest BCUT2D eigenvalue weighted by molar-refractivity contribution is 0.592. The maximum absolute atomic E-state index is 10.7. The van der Waals surface area contributed by atoms with Crippen molar-refractivity contribution in [1.82, 2.24) is 5.32 Å². The van der Waals surface area contributed by atoms with Gasteiger partial charge in [0.1, 0.15) is 0 Å². The number of nitrogens with one attached hydrogen (secondary N) is 1. The van der Waals surface area contributed by atoms with Crippen LogP contribution in [0.3, 0.4) is 0 Å². The van der Waals surface area contributed by atoms with Crippen molar-refractivity contribution in [3.8, 4) is 0 Å². The Morgan fingerprint density at radius 1 is 1.44 bits per heavy atom. The van der Waals surface area contributed by atoms with Crippen molar-refractivity contribution in [3.05, 3.63) is 33.8 Å². The van der Waals surface area contributed by atoms with Gasteiger partial charge in [0.15, 0.2) is 0 Å². The van der Waals surface area contributed by atoms with Crippen molar-refractivity contribution in [2.75, 3.05) is 12.3 Å². The second kappa shape index (κ2) is 5.77. The Morgan fingerprint density at radius 3 is 2.69 bits per heavy atom. The van der Waals surface area contributed by atoms with Crippen molar-refractivity contribution >= 4 is 26.0 Å². The topological polar surface area (TPSA) is 72.2 Å². The maximum atomic E-state index is 10.7. The Kier molecular flexibility index (Phi) is 4.91. The molecule has 0 heterocycles. The van der Waals surface area contributed by atoms with Gasteiger partial charge in [-0.2, -0.15) is 0 Å². The molecule has 0 saturated carbocycles. The van der Waals surface area contributed by atoms with E-state index in [-0.39, 0.29) is 5.75 Å². The maximum Gasteiger partial charge on any atom is 0.210 e. The number of nitrogens with two attached hydrogens (primary N) is 1. The van der Waals surface area contributed by atoms with Gasteiger partial charge in [0.05, 0.1) is 5.75 Å². The van der Waals surface area contributed by atoms with E-state index in [0.29, 0.717) is 13.1 Å². The number of aryl methyl sites for hydroxylation is 1. The van der Waals surface area contributed by atoms with Crippen molar-refractivity contribution < 1.29 is 8.42 Å². The van der Waals surface area contributed by atoms with Gasteiger partial charge in [-0.05, 0) is 24.1 Å². The summed E-state index contributed by atoms with van der Waals surface area (Å²) >= 11 is 3.46. The lowest BCUT2D eigenvalue weighted by Crippen LogP contribution is -2.26. The average Bonchev–Trinajstić information content (AvgIpc) is 2.13. The minimum Gasteiger partial charge on any atom is -0.312 e. The van der Waals surface area contributed by atoms with E-state index >= 15 is 0 Å². The van der Waals surface area contributed by atoms with Crippen molar-refractivity contribution in [2.24, 2.45) is 5.14 Å². The molecule has 3 N–H and O–H groups in total. The van der Waals surface area contributed by atoms with Crippen LogP contribution in [0.2, 0.25) is 0 Å². The SMILES string of the molecule is Cc1ccc(CNCCS(N)(=O)=O)c(Br)c1. The Labute approximate surface area is 104 Å². The monoisotopic (exact) mass is 306 g/mol. The molecule has 1 rings (SSSR count). The molecule has 0 aliphatic heterocycles. The summed E-state index contributed by atoms with van der Waals surface area (Å²) < 4.78 is 22.4. The summed E-state index contributed by atoms with van der Waals surface area (Å²) in [6.07, 6.45) is 0. The second-order valence-corrected chi connectivity index (χ2v) is 6.23. The molecule has 0 atom stereocenters. The average molecular weight is 307 g/mol. The molecule has 0 fully saturated rings. The van der Waals surface area contributed by atoms with Gasteiger partial charge in [-0.25, -0.2) is 13.6 Å². The van der Waals surface area contributed by atoms with Crippen LogP contribution in [0.4, 0.5) is 0 Å². The van der Waals surface area contributed by atoms with E-state index in [4.69, 9.17) is 5.14 Å². The highest BCUT2D eigenvalue weighted by Gasteiger charge is 2.03. The van der Waals surface area contributed by atoms with Crippen LogP contribution in [0.5, 0.6) is 0 Å². The van der Waals surface area contributed by atoms with Gasteiger partial charge in [-0.3, -0.25) is 0 Å².